The fourth-order valence-electron chi connectivity index (χ4n) is 1.39. The Kier molecular flexibility index (Phi) is 3.32. The second kappa shape index (κ2) is 4.43. The lowest BCUT2D eigenvalue weighted by atomic mass is 10.2. The van der Waals surface area contributed by atoms with Gasteiger partial charge in [0.15, 0.2) is 0 Å². The van der Waals surface area contributed by atoms with Gasteiger partial charge >= 0.3 is 0 Å². The van der Waals surface area contributed by atoms with Crippen LogP contribution in [0.2, 0.25) is 0 Å². The van der Waals surface area contributed by atoms with Crippen LogP contribution in [0.15, 0.2) is 22.7 Å². The summed E-state index contributed by atoms with van der Waals surface area (Å²) < 4.78 is 39.1. The van der Waals surface area contributed by atoms with Gasteiger partial charge < -0.3 is 0 Å². The molecule has 6 heteroatoms. The van der Waals surface area contributed by atoms with Crippen molar-refractivity contribution in [1.29, 1.82) is 0 Å². The van der Waals surface area contributed by atoms with E-state index in [1.165, 1.54) is 12.1 Å². The van der Waals surface area contributed by atoms with Crippen molar-refractivity contribution in [3.05, 3.63) is 34.1 Å². The predicted molar refractivity (Wildman–Crippen MR) is 62.9 cm³/mol. The first-order valence-electron chi connectivity index (χ1n) is 4.91. The van der Waals surface area contributed by atoms with E-state index in [0.29, 0.717) is 10.0 Å². The van der Waals surface area contributed by atoms with E-state index >= 15 is 0 Å². The van der Waals surface area contributed by atoms with Crippen molar-refractivity contribution < 1.29 is 12.8 Å². The predicted octanol–water partition coefficient (Wildman–Crippen LogP) is 2.17. The van der Waals surface area contributed by atoms with Gasteiger partial charge in [0.05, 0.1) is 5.25 Å². The highest BCUT2D eigenvalue weighted by Gasteiger charge is 2.35. The van der Waals surface area contributed by atoms with Gasteiger partial charge in [-0.15, -0.1) is 0 Å². The summed E-state index contributed by atoms with van der Waals surface area (Å²) in [5.41, 5.74) is 0.608. The van der Waals surface area contributed by atoms with Crippen molar-refractivity contribution in [3.8, 4) is 0 Å². The van der Waals surface area contributed by atoms with Crippen LogP contribution in [-0.4, -0.2) is 13.7 Å². The summed E-state index contributed by atoms with van der Waals surface area (Å²) in [6.07, 6.45) is 1.45. The molecule has 0 heterocycles. The molecular weight excluding hydrogens is 297 g/mol. The lowest BCUT2D eigenvalue weighted by Gasteiger charge is -2.06. The molecule has 0 aliphatic heterocycles. The van der Waals surface area contributed by atoms with E-state index in [4.69, 9.17) is 0 Å². The number of nitrogens with one attached hydrogen (secondary N) is 1. The van der Waals surface area contributed by atoms with Crippen LogP contribution in [-0.2, 0) is 16.6 Å². The van der Waals surface area contributed by atoms with Crippen molar-refractivity contribution in [3.63, 3.8) is 0 Å². The minimum atomic E-state index is -3.20. The normalized spacial score (nSPS) is 16.4. The topological polar surface area (TPSA) is 46.2 Å². The maximum Gasteiger partial charge on any atom is 0.214 e. The Morgan fingerprint density at radius 2 is 2.06 bits per heavy atom. The van der Waals surface area contributed by atoms with E-state index in [0.717, 1.165) is 12.8 Å². The molecule has 3 nitrogen and oxygen atoms in total. The summed E-state index contributed by atoms with van der Waals surface area (Å²) in [6.45, 7) is 0.134. The molecule has 0 unspecified atom stereocenters. The average molecular weight is 308 g/mol. The minimum absolute atomic E-state index is 0.134. The molecule has 0 amide bonds. The monoisotopic (exact) mass is 307 g/mol. The first-order chi connectivity index (χ1) is 7.47. The fourth-order valence-corrected chi connectivity index (χ4v) is 3.27. The van der Waals surface area contributed by atoms with Crippen molar-refractivity contribution in [1.82, 2.24) is 4.72 Å². The number of benzene rings is 1. The zero-order valence-electron chi connectivity index (χ0n) is 8.41. The quantitative estimate of drug-likeness (QED) is 0.926. The molecule has 0 atom stereocenters. The van der Waals surface area contributed by atoms with E-state index in [1.807, 2.05) is 0 Å². The zero-order chi connectivity index (χ0) is 11.8. The summed E-state index contributed by atoms with van der Waals surface area (Å²) in [7, 11) is -3.20. The summed E-state index contributed by atoms with van der Waals surface area (Å²) in [5.74, 6) is -0.380. The molecule has 0 aromatic heterocycles. The first kappa shape index (κ1) is 12.0. The van der Waals surface area contributed by atoms with Crippen molar-refractivity contribution in [2.45, 2.75) is 24.6 Å². The largest absolute Gasteiger partial charge is 0.214 e. The molecule has 1 aromatic carbocycles. The van der Waals surface area contributed by atoms with Crippen LogP contribution in [0, 0.1) is 5.82 Å². The second-order valence-electron chi connectivity index (χ2n) is 3.84. The summed E-state index contributed by atoms with van der Waals surface area (Å²) in [5, 5.41) is -0.246. The molecule has 1 aliphatic carbocycles. The zero-order valence-corrected chi connectivity index (χ0v) is 10.8. The summed E-state index contributed by atoms with van der Waals surface area (Å²) >= 11 is 3.16. The Hall–Kier alpha value is -0.460. The third kappa shape index (κ3) is 3.02. The second-order valence-corrected chi connectivity index (χ2v) is 6.80. The highest BCUT2D eigenvalue weighted by molar-refractivity contribution is 9.10. The molecule has 1 fully saturated rings. The smallest absolute Gasteiger partial charge is 0.212 e. The molecule has 2 rings (SSSR count). The van der Waals surface area contributed by atoms with Crippen LogP contribution in [0.1, 0.15) is 18.4 Å². The van der Waals surface area contributed by atoms with Gasteiger partial charge in [0.1, 0.15) is 5.82 Å². The molecular formula is C10H11BrFNO2S. The molecule has 0 bridgehead atoms. The molecule has 1 N–H and O–H groups in total. The Labute approximate surface area is 102 Å². The van der Waals surface area contributed by atoms with Gasteiger partial charge in [-0.2, -0.15) is 0 Å². The SMILES string of the molecule is O=S(=O)(NCc1cc(F)cc(Br)c1)C1CC1. The van der Waals surface area contributed by atoms with E-state index in [2.05, 4.69) is 20.7 Å². The molecule has 16 heavy (non-hydrogen) atoms. The maximum absolute atomic E-state index is 13.0. The Morgan fingerprint density at radius 3 is 2.62 bits per heavy atom. The van der Waals surface area contributed by atoms with Crippen LogP contribution in [0.3, 0.4) is 0 Å². The van der Waals surface area contributed by atoms with E-state index < -0.39 is 10.0 Å². The average Bonchev–Trinajstić information content (AvgIpc) is 2.96. The lowest BCUT2D eigenvalue weighted by Crippen LogP contribution is -2.26. The van der Waals surface area contributed by atoms with Gasteiger partial charge in [-0.05, 0) is 36.6 Å². The molecule has 0 saturated heterocycles. The molecule has 1 saturated carbocycles. The number of sulfonamides is 1. The third-order valence-electron chi connectivity index (χ3n) is 2.36. The number of hydrogen-bond donors (Lipinski definition) is 1. The van der Waals surface area contributed by atoms with Gasteiger partial charge in [-0.25, -0.2) is 17.5 Å². The van der Waals surface area contributed by atoms with Crippen molar-refractivity contribution >= 4 is 26.0 Å². The first-order valence-corrected chi connectivity index (χ1v) is 7.25. The van der Waals surface area contributed by atoms with Crippen LogP contribution in [0.5, 0.6) is 0 Å². The Bertz CT molecular complexity index is 479. The van der Waals surface area contributed by atoms with Gasteiger partial charge in [0.2, 0.25) is 10.0 Å². The van der Waals surface area contributed by atoms with Crippen LogP contribution >= 0.6 is 15.9 Å². The van der Waals surface area contributed by atoms with Crippen molar-refractivity contribution in [2.24, 2.45) is 0 Å². The standard InChI is InChI=1S/C10H11BrFNO2S/c11-8-3-7(4-9(12)5-8)6-13-16(14,15)10-1-2-10/h3-5,10,13H,1-2,6H2. The fraction of sp³-hybridized carbons (Fsp3) is 0.400. The van der Waals surface area contributed by atoms with E-state index in [1.54, 1.807) is 6.07 Å². The third-order valence-corrected chi connectivity index (χ3v) is 4.72. The highest BCUT2D eigenvalue weighted by Crippen LogP contribution is 2.27. The Balaban J connectivity index is 2.04. The summed E-state index contributed by atoms with van der Waals surface area (Å²) in [4.78, 5) is 0. The van der Waals surface area contributed by atoms with Gasteiger partial charge in [0, 0.05) is 11.0 Å². The van der Waals surface area contributed by atoms with E-state index in [-0.39, 0.29) is 17.6 Å². The van der Waals surface area contributed by atoms with Gasteiger partial charge in [0.25, 0.3) is 0 Å². The molecule has 0 radical (unpaired) electrons. The molecule has 1 aromatic rings. The van der Waals surface area contributed by atoms with Gasteiger partial charge in [-0.1, -0.05) is 15.9 Å². The molecule has 88 valence electrons. The number of rotatable bonds is 4. The number of halogens is 2. The van der Waals surface area contributed by atoms with Crippen LogP contribution in [0.25, 0.3) is 0 Å². The molecule has 1 aliphatic rings. The van der Waals surface area contributed by atoms with Crippen LogP contribution in [0.4, 0.5) is 4.39 Å². The summed E-state index contributed by atoms with van der Waals surface area (Å²) in [6, 6.07) is 4.34. The highest BCUT2D eigenvalue weighted by atomic mass is 79.9. The lowest BCUT2D eigenvalue weighted by molar-refractivity contribution is 0.579. The van der Waals surface area contributed by atoms with Gasteiger partial charge in [-0.3, -0.25) is 0 Å². The maximum atomic E-state index is 13.0. The van der Waals surface area contributed by atoms with E-state index in [9.17, 15) is 12.8 Å². The minimum Gasteiger partial charge on any atom is -0.212 e. The number of hydrogen-bond acceptors (Lipinski definition) is 2. The molecule has 0 spiro atoms. The van der Waals surface area contributed by atoms with Crippen molar-refractivity contribution in [2.75, 3.05) is 0 Å². The van der Waals surface area contributed by atoms with Crippen LogP contribution < -0.4 is 4.72 Å². The Morgan fingerprint density at radius 1 is 1.38 bits per heavy atom.